The van der Waals surface area contributed by atoms with Gasteiger partial charge in [0.25, 0.3) is 0 Å². The first-order valence-corrected chi connectivity index (χ1v) is 12.0. The number of carbonyl (C=O) groups is 1. The van der Waals surface area contributed by atoms with Gasteiger partial charge >= 0.3 is 0 Å². The highest BCUT2D eigenvalue weighted by Gasteiger charge is 2.24. The Labute approximate surface area is 202 Å². The topological polar surface area (TPSA) is 54.9 Å². The van der Waals surface area contributed by atoms with Gasteiger partial charge in [0.05, 0.1) is 18.7 Å². The zero-order valence-corrected chi connectivity index (χ0v) is 20.7. The molecule has 1 aliphatic rings. The molecule has 3 aromatic rings. The summed E-state index contributed by atoms with van der Waals surface area (Å²) in [5.74, 6) is 1.84. The minimum Gasteiger partial charge on any atom is -0.496 e. The Morgan fingerprint density at radius 3 is 2.71 bits per heavy atom. The molecule has 0 saturated carbocycles. The van der Waals surface area contributed by atoms with Crippen molar-refractivity contribution in [3.05, 3.63) is 65.2 Å². The van der Waals surface area contributed by atoms with E-state index in [0.29, 0.717) is 25.9 Å². The molecule has 34 heavy (non-hydrogen) atoms. The lowest BCUT2D eigenvalue weighted by Gasteiger charge is -2.28. The van der Waals surface area contributed by atoms with Crippen molar-refractivity contribution < 1.29 is 14.3 Å². The van der Waals surface area contributed by atoms with Crippen LogP contribution in [0.2, 0.25) is 0 Å². The molecule has 0 radical (unpaired) electrons. The SMILES string of the molecule is COc1ccccc1CCC(=O)N(Cc1cc2cccc(C)c2nc1N(C)C)C[C@H]1CCCO1. The molecular weight excluding hydrogens is 426 g/mol. The molecule has 0 bridgehead atoms. The van der Waals surface area contributed by atoms with Crippen LogP contribution < -0.4 is 9.64 Å². The summed E-state index contributed by atoms with van der Waals surface area (Å²) in [5.41, 5.74) is 4.25. The van der Waals surface area contributed by atoms with Crippen molar-refractivity contribution in [3.8, 4) is 5.75 Å². The van der Waals surface area contributed by atoms with Crippen molar-refractivity contribution in [3.63, 3.8) is 0 Å². The predicted octanol–water partition coefficient (Wildman–Crippen LogP) is 4.76. The number of carbonyl (C=O) groups excluding carboxylic acids is 1. The maximum Gasteiger partial charge on any atom is 0.223 e. The van der Waals surface area contributed by atoms with Gasteiger partial charge in [-0.15, -0.1) is 0 Å². The molecule has 0 spiro atoms. The van der Waals surface area contributed by atoms with Crippen LogP contribution in [0.4, 0.5) is 5.82 Å². The summed E-state index contributed by atoms with van der Waals surface area (Å²) in [6.45, 7) is 3.96. The first-order chi connectivity index (χ1) is 16.5. The minimum absolute atomic E-state index is 0.0914. The third-order valence-corrected chi connectivity index (χ3v) is 6.49. The number of pyridine rings is 1. The van der Waals surface area contributed by atoms with Gasteiger partial charge in [-0.25, -0.2) is 4.98 Å². The summed E-state index contributed by atoms with van der Waals surface area (Å²) in [5, 5.41) is 1.10. The molecule has 1 aliphatic heterocycles. The lowest BCUT2D eigenvalue weighted by Crippen LogP contribution is -2.37. The van der Waals surface area contributed by atoms with Crippen LogP contribution in [0.15, 0.2) is 48.5 Å². The zero-order valence-electron chi connectivity index (χ0n) is 20.7. The number of aryl methyl sites for hydroxylation is 2. The molecule has 2 heterocycles. The normalized spacial score (nSPS) is 15.5. The summed E-state index contributed by atoms with van der Waals surface area (Å²) in [6.07, 6.45) is 3.19. The highest BCUT2D eigenvalue weighted by Crippen LogP contribution is 2.27. The lowest BCUT2D eigenvalue weighted by molar-refractivity contribution is -0.133. The van der Waals surface area contributed by atoms with Gasteiger partial charge in [-0.3, -0.25) is 4.79 Å². The molecule has 0 N–H and O–H groups in total. The Morgan fingerprint density at radius 2 is 1.97 bits per heavy atom. The quantitative estimate of drug-likeness (QED) is 0.460. The number of para-hydroxylation sites is 2. The Bertz CT molecular complexity index is 1140. The number of ether oxygens (including phenoxy) is 2. The van der Waals surface area contributed by atoms with Crippen LogP contribution in [0.25, 0.3) is 10.9 Å². The number of methoxy groups -OCH3 is 1. The fourth-order valence-electron chi connectivity index (χ4n) is 4.69. The molecule has 180 valence electrons. The van der Waals surface area contributed by atoms with E-state index in [2.05, 4.69) is 31.2 Å². The Hall–Kier alpha value is -3.12. The maximum absolute atomic E-state index is 13.5. The molecular formula is C28H35N3O3. The smallest absolute Gasteiger partial charge is 0.223 e. The van der Waals surface area contributed by atoms with Crippen LogP contribution in [0.1, 0.15) is 36.0 Å². The molecule has 1 saturated heterocycles. The van der Waals surface area contributed by atoms with E-state index in [0.717, 1.165) is 58.6 Å². The number of fused-ring (bicyclic) bond motifs is 1. The third-order valence-electron chi connectivity index (χ3n) is 6.49. The number of nitrogens with zero attached hydrogens (tertiary/aromatic N) is 3. The molecule has 6 nitrogen and oxygen atoms in total. The largest absolute Gasteiger partial charge is 0.496 e. The Balaban J connectivity index is 1.60. The van der Waals surface area contributed by atoms with Crippen molar-refractivity contribution in [2.45, 2.75) is 45.3 Å². The van der Waals surface area contributed by atoms with Gasteiger partial charge in [0, 0.05) is 51.2 Å². The molecule has 0 unspecified atom stereocenters. The van der Waals surface area contributed by atoms with E-state index in [-0.39, 0.29) is 12.0 Å². The fraction of sp³-hybridized carbons (Fsp3) is 0.429. The van der Waals surface area contributed by atoms with Crippen LogP contribution in [0, 0.1) is 6.92 Å². The maximum atomic E-state index is 13.5. The average molecular weight is 462 g/mol. The number of rotatable bonds is 9. The molecule has 1 amide bonds. The monoisotopic (exact) mass is 461 g/mol. The molecule has 1 aromatic heterocycles. The second-order valence-corrected chi connectivity index (χ2v) is 9.23. The van der Waals surface area contributed by atoms with Crippen LogP contribution in [-0.4, -0.2) is 56.3 Å². The van der Waals surface area contributed by atoms with Gasteiger partial charge < -0.3 is 19.3 Å². The van der Waals surface area contributed by atoms with Crippen molar-refractivity contribution in [1.29, 1.82) is 0 Å². The number of benzene rings is 2. The number of aromatic nitrogens is 1. The van der Waals surface area contributed by atoms with Gasteiger partial charge in [0.2, 0.25) is 5.91 Å². The summed E-state index contributed by atoms with van der Waals surface area (Å²) in [4.78, 5) is 22.5. The average Bonchev–Trinajstić information content (AvgIpc) is 3.35. The second kappa shape index (κ2) is 10.9. The molecule has 0 aliphatic carbocycles. The first-order valence-electron chi connectivity index (χ1n) is 12.0. The second-order valence-electron chi connectivity index (χ2n) is 9.23. The third kappa shape index (κ3) is 5.50. The van der Waals surface area contributed by atoms with Gasteiger partial charge in [0.1, 0.15) is 11.6 Å². The van der Waals surface area contributed by atoms with E-state index in [1.54, 1.807) is 7.11 Å². The highest BCUT2D eigenvalue weighted by molar-refractivity contribution is 5.85. The van der Waals surface area contributed by atoms with E-state index in [1.165, 1.54) is 0 Å². The lowest BCUT2D eigenvalue weighted by atomic mass is 10.1. The van der Waals surface area contributed by atoms with E-state index >= 15 is 0 Å². The van der Waals surface area contributed by atoms with E-state index in [4.69, 9.17) is 14.5 Å². The Kier molecular flexibility index (Phi) is 7.68. The summed E-state index contributed by atoms with van der Waals surface area (Å²) in [7, 11) is 5.68. The van der Waals surface area contributed by atoms with Crippen LogP contribution in [0.5, 0.6) is 5.75 Å². The standard InChI is InChI=1S/C28H35N3O3/c1-20-9-7-11-22-17-23(28(30(2)3)29-27(20)22)18-31(19-24-12-8-16-34-24)26(32)15-14-21-10-5-6-13-25(21)33-4/h5-7,9-11,13,17,24H,8,12,14-16,18-19H2,1-4H3/t24-/m1/s1. The molecule has 1 fully saturated rings. The van der Waals surface area contributed by atoms with Gasteiger partial charge in [-0.1, -0.05) is 36.4 Å². The highest BCUT2D eigenvalue weighted by atomic mass is 16.5. The van der Waals surface area contributed by atoms with Crippen molar-refractivity contribution >= 4 is 22.6 Å². The van der Waals surface area contributed by atoms with Gasteiger partial charge in [-0.2, -0.15) is 0 Å². The Morgan fingerprint density at radius 1 is 1.15 bits per heavy atom. The van der Waals surface area contributed by atoms with Crippen LogP contribution in [0.3, 0.4) is 0 Å². The van der Waals surface area contributed by atoms with Gasteiger partial charge in [-0.05, 0) is 49.4 Å². The van der Waals surface area contributed by atoms with Crippen molar-refractivity contribution in [2.24, 2.45) is 0 Å². The van der Waals surface area contributed by atoms with Crippen molar-refractivity contribution in [1.82, 2.24) is 9.88 Å². The minimum atomic E-state index is 0.0914. The van der Waals surface area contributed by atoms with E-state index in [1.807, 2.05) is 48.2 Å². The molecule has 2 aromatic carbocycles. The molecule has 6 heteroatoms. The fourth-order valence-corrected chi connectivity index (χ4v) is 4.69. The summed E-state index contributed by atoms with van der Waals surface area (Å²) < 4.78 is 11.4. The first kappa shape index (κ1) is 24.0. The van der Waals surface area contributed by atoms with Crippen molar-refractivity contribution in [2.75, 3.05) is 39.3 Å². The summed E-state index contributed by atoms with van der Waals surface area (Å²) >= 11 is 0. The number of amides is 1. The van der Waals surface area contributed by atoms with Crippen LogP contribution in [-0.2, 0) is 22.5 Å². The number of hydrogen-bond donors (Lipinski definition) is 0. The van der Waals surface area contributed by atoms with Gasteiger partial charge in [0.15, 0.2) is 0 Å². The van der Waals surface area contributed by atoms with Crippen LogP contribution >= 0.6 is 0 Å². The van der Waals surface area contributed by atoms with E-state index < -0.39 is 0 Å². The summed E-state index contributed by atoms with van der Waals surface area (Å²) in [6, 6.07) is 16.3. The van der Waals surface area contributed by atoms with E-state index in [9.17, 15) is 4.79 Å². The zero-order chi connectivity index (χ0) is 24.1. The molecule has 1 atom stereocenters. The predicted molar refractivity (Wildman–Crippen MR) is 137 cm³/mol. The molecule has 4 rings (SSSR count). The number of hydrogen-bond acceptors (Lipinski definition) is 5. The number of anilines is 1.